The van der Waals surface area contributed by atoms with Gasteiger partial charge in [-0.2, -0.15) is 0 Å². The molecule has 3 aromatic rings. The Balaban J connectivity index is 1.94. The van der Waals surface area contributed by atoms with Gasteiger partial charge >= 0.3 is 5.97 Å². The van der Waals surface area contributed by atoms with E-state index in [1.807, 2.05) is 0 Å². The second kappa shape index (κ2) is 4.84. The third kappa shape index (κ3) is 2.40. The summed E-state index contributed by atoms with van der Waals surface area (Å²) in [4.78, 5) is 21.6. The Morgan fingerprint density at radius 2 is 2.35 bits per heavy atom. The number of hydrogen-bond donors (Lipinski definition) is 1. The molecule has 0 saturated heterocycles. The third-order valence-corrected chi connectivity index (χ3v) is 4.91. The molecule has 1 aliphatic heterocycles. The van der Waals surface area contributed by atoms with E-state index in [-0.39, 0.29) is 5.60 Å². The molecule has 4 rings (SSSR count). The predicted octanol–water partition coefficient (Wildman–Crippen LogP) is 2.29. The van der Waals surface area contributed by atoms with Crippen LogP contribution in [0.25, 0.3) is 21.9 Å². The normalized spacial score (nSPS) is 17.1. The Hall–Kier alpha value is -2.32. The van der Waals surface area contributed by atoms with Gasteiger partial charge in [0.25, 0.3) is 0 Å². The molecule has 0 atom stereocenters. The van der Waals surface area contributed by atoms with Crippen LogP contribution in [0.2, 0.25) is 0 Å². The largest absolute Gasteiger partial charge is 0.478 e. The van der Waals surface area contributed by atoms with Gasteiger partial charge in [-0.3, -0.25) is 0 Å². The zero-order valence-electron chi connectivity index (χ0n) is 12.6. The van der Waals surface area contributed by atoms with Gasteiger partial charge in [0.15, 0.2) is 11.5 Å². The van der Waals surface area contributed by atoms with Crippen molar-refractivity contribution in [3.63, 3.8) is 0 Å². The van der Waals surface area contributed by atoms with Crippen LogP contribution in [0, 0.1) is 0 Å². The molecule has 0 aromatic carbocycles. The van der Waals surface area contributed by atoms with Crippen LogP contribution in [0.4, 0.5) is 0 Å². The van der Waals surface area contributed by atoms with Crippen LogP contribution in [-0.4, -0.2) is 36.3 Å². The molecule has 4 heterocycles. The van der Waals surface area contributed by atoms with Crippen molar-refractivity contribution in [2.75, 3.05) is 0 Å². The summed E-state index contributed by atoms with van der Waals surface area (Å²) in [5, 5.41) is 14.0. The lowest BCUT2D eigenvalue weighted by atomic mass is 9.94. The molecule has 0 amide bonds. The lowest BCUT2D eigenvalue weighted by molar-refractivity contribution is -0.131. The number of carboxylic acid groups (broad SMARTS) is 1. The molecule has 0 fully saturated rings. The van der Waals surface area contributed by atoms with Gasteiger partial charge in [0.05, 0.1) is 17.6 Å². The van der Waals surface area contributed by atoms with E-state index in [9.17, 15) is 4.79 Å². The minimum Gasteiger partial charge on any atom is -0.478 e. The fourth-order valence-corrected chi connectivity index (χ4v) is 3.84. The SMILES string of the molecule is CC1(C)Cc2c(sc3ncn4nc(/C=C/C(=O)O)nc4c23)CO1. The highest BCUT2D eigenvalue weighted by molar-refractivity contribution is 7.19. The maximum Gasteiger partial charge on any atom is 0.328 e. The Kier molecular flexibility index (Phi) is 3.00. The molecule has 118 valence electrons. The van der Waals surface area contributed by atoms with E-state index >= 15 is 0 Å². The van der Waals surface area contributed by atoms with Crippen molar-refractivity contribution in [3.05, 3.63) is 28.7 Å². The number of rotatable bonds is 2. The number of aliphatic carboxylic acids is 1. The monoisotopic (exact) mass is 330 g/mol. The number of thiophene rings is 1. The molecule has 0 aliphatic carbocycles. The quantitative estimate of drug-likeness (QED) is 0.725. The molecular weight excluding hydrogens is 316 g/mol. The van der Waals surface area contributed by atoms with Crippen molar-refractivity contribution in [3.8, 4) is 0 Å². The van der Waals surface area contributed by atoms with E-state index in [0.29, 0.717) is 18.1 Å². The first kappa shape index (κ1) is 14.3. The van der Waals surface area contributed by atoms with E-state index in [2.05, 4.69) is 28.9 Å². The van der Waals surface area contributed by atoms with E-state index in [4.69, 9.17) is 9.84 Å². The smallest absolute Gasteiger partial charge is 0.328 e. The molecular formula is C15H14N4O3S. The fraction of sp³-hybridized carbons (Fsp3) is 0.333. The minimum absolute atomic E-state index is 0.222. The lowest BCUT2D eigenvalue weighted by Gasteiger charge is -2.30. The van der Waals surface area contributed by atoms with Crippen LogP contribution in [0.5, 0.6) is 0 Å². The van der Waals surface area contributed by atoms with Gasteiger partial charge in [0.1, 0.15) is 11.2 Å². The number of aromatic nitrogens is 4. The molecule has 0 radical (unpaired) electrons. The second-order valence-corrected chi connectivity index (χ2v) is 7.15. The van der Waals surface area contributed by atoms with Gasteiger partial charge < -0.3 is 9.84 Å². The first-order valence-corrected chi connectivity index (χ1v) is 7.95. The summed E-state index contributed by atoms with van der Waals surface area (Å²) in [6.07, 6.45) is 4.81. The third-order valence-electron chi connectivity index (χ3n) is 3.80. The molecule has 0 saturated carbocycles. The first-order valence-electron chi connectivity index (χ1n) is 7.13. The Morgan fingerprint density at radius 3 is 3.13 bits per heavy atom. The van der Waals surface area contributed by atoms with E-state index in [0.717, 1.165) is 22.7 Å². The molecule has 0 bridgehead atoms. The first-order chi connectivity index (χ1) is 10.9. The predicted molar refractivity (Wildman–Crippen MR) is 85.4 cm³/mol. The topological polar surface area (TPSA) is 89.6 Å². The minimum atomic E-state index is -1.03. The second-order valence-electron chi connectivity index (χ2n) is 6.06. The summed E-state index contributed by atoms with van der Waals surface area (Å²) >= 11 is 1.61. The van der Waals surface area contributed by atoms with Crippen molar-refractivity contribution < 1.29 is 14.6 Å². The Labute approximate surface area is 135 Å². The molecule has 23 heavy (non-hydrogen) atoms. The average molecular weight is 330 g/mol. The van der Waals surface area contributed by atoms with E-state index in [1.165, 1.54) is 16.5 Å². The lowest BCUT2D eigenvalue weighted by Crippen LogP contribution is -2.31. The number of ether oxygens (including phenoxy) is 1. The fourth-order valence-electron chi connectivity index (χ4n) is 2.77. The van der Waals surface area contributed by atoms with Crippen LogP contribution >= 0.6 is 11.3 Å². The van der Waals surface area contributed by atoms with Crippen molar-refractivity contribution in [2.24, 2.45) is 0 Å². The van der Waals surface area contributed by atoms with Crippen LogP contribution in [0.1, 0.15) is 30.1 Å². The Morgan fingerprint density at radius 1 is 1.52 bits per heavy atom. The number of carboxylic acids is 1. The summed E-state index contributed by atoms with van der Waals surface area (Å²) in [5.74, 6) is -0.674. The molecule has 3 aromatic heterocycles. The highest BCUT2D eigenvalue weighted by Crippen LogP contribution is 2.39. The Bertz CT molecular complexity index is 970. The number of hydrogen-bond acceptors (Lipinski definition) is 6. The summed E-state index contributed by atoms with van der Waals surface area (Å²) in [5.41, 5.74) is 1.69. The summed E-state index contributed by atoms with van der Waals surface area (Å²) < 4.78 is 7.46. The van der Waals surface area contributed by atoms with Gasteiger partial charge in [0, 0.05) is 17.4 Å². The summed E-state index contributed by atoms with van der Waals surface area (Å²) in [6, 6.07) is 0. The maximum atomic E-state index is 10.6. The zero-order valence-corrected chi connectivity index (χ0v) is 13.4. The zero-order chi connectivity index (χ0) is 16.2. The standard InChI is InChI=1S/C15H14N4O3S/c1-15(2)5-8-9(6-22-15)23-14-12(8)13-17-10(3-4-11(20)21)18-19(13)7-16-14/h3-4,7H,5-6H2,1-2H3,(H,20,21)/b4-3+. The van der Waals surface area contributed by atoms with Gasteiger partial charge in [-0.1, -0.05) is 0 Å². The highest BCUT2D eigenvalue weighted by Gasteiger charge is 2.30. The van der Waals surface area contributed by atoms with Crippen molar-refractivity contribution in [1.82, 2.24) is 19.6 Å². The summed E-state index contributed by atoms with van der Waals surface area (Å²) in [7, 11) is 0. The number of nitrogens with zero attached hydrogens (tertiary/aromatic N) is 4. The summed E-state index contributed by atoms with van der Waals surface area (Å²) in [6.45, 7) is 4.71. The van der Waals surface area contributed by atoms with Crippen LogP contribution in [0.15, 0.2) is 12.4 Å². The van der Waals surface area contributed by atoms with Gasteiger partial charge in [-0.15, -0.1) is 16.4 Å². The number of fused-ring (bicyclic) bond motifs is 5. The van der Waals surface area contributed by atoms with Crippen LogP contribution in [-0.2, 0) is 22.6 Å². The average Bonchev–Trinajstić information content (AvgIpc) is 3.03. The number of carbonyl (C=O) groups is 1. The van der Waals surface area contributed by atoms with Crippen molar-refractivity contribution in [2.45, 2.75) is 32.5 Å². The van der Waals surface area contributed by atoms with Crippen LogP contribution in [0.3, 0.4) is 0 Å². The van der Waals surface area contributed by atoms with E-state index < -0.39 is 5.97 Å². The molecule has 0 spiro atoms. The van der Waals surface area contributed by atoms with Gasteiger partial charge in [-0.25, -0.2) is 19.3 Å². The molecule has 1 aliphatic rings. The van der Waals surface area contributed by atoms with Crippen molar-refractivity contribution >= 4 is 39.2 Å². The van der Waals surface area contributed by atoms with Gasteiger partial charge in [-0.05, 0) is 25.5 Å². The molecule has 7 nitrogen and oxygen atoms in total. The van der Waals surface area contributed by atoms with Crippen molar-refractivity contribution in [1.29, 1.82) is 0 Å². The highest BCUT2D eigenvalue weighted by atomic mass is 32.1. The molecule has 0 unspecified atom stereocenters. The molecule has 8 heteroatoms. The van der Waals surface area contributed by atoms with E-state index in [1.54, 1.807) is 22.2 Å². The molecule has 1 N–H and O–H groups in total. The van der Waals surface area contributed by atoms with Crippen LogP contribution < -0.4 is 0 Å². The van der Waals surface area contributed by atoms with Gasteiger partial charge in [0.2, 0.25) is 0 Å². The maximum absolute atomic E-state index is 10.6.